The number of esters is 1. The minimum atomic E-state index is -0.459. The van der Waals surface area contributed by atoms with Gasteiger partial charge in [0.05, 0.1) is 18.9 Å². The maximum absolute atomic E-state index is 13.3. The number of anilines is 1. The summed E-state index contributed by atoms with van der Waals surface area (Å²) in [6, 6.07) is 17.6. The molecule has 0 bridgehead atoms. The first-order valence-corrected chi connectivity index (χ1v) is 9.66. The number of nitrogens with zero attached hydrogens (tertiary/aromatic N) is 4. The van der Waals surface area contributed by atoms with E-state index in [1.807, 2.05) is 30.3 Å². The Kier molecular flexibility index (Phi) is 5.89. The van der Waals surface area contributed by atoms with Gasteiger partial charge in [-0.25, -0.2) is 4.79 Å². The van der Waals surface area contributed by atoms with Gasteiger partial charge in [0.1, 0.15) is 11.5 Å². The van der Waals surface area contributed by atoms with Gasteiger partial charge in [-0.05, 0) is 53.2 Å². The summed E-state index contributed by atoms with van der Waals surface area (Å²) in [5, 5.41) is 14.7. The third-order valence-electron chi connectivity index (χ3n) is 4.68. The first-order valence-electron chi connectivity index (χ1n) is 9.66. The molecule has 1 amide bonds. The van der Waals surface area contributed by atoms with Gasteiger partial charge in [0.2, 0.25) is 0 Å². The van der Waals surface area contributed by atoms with Gasteiger partial charge in [-0.1, -0.05) is 30.3 Å². The highest BCUT2D eigenvalue weighted by Crippen LogP contribution is 2.23. The van der Waals surface area contributed by atoms with Crippen LogP contribution in [0.25, 0.3) is 23.2 Å². The van der Waals surface area contributed by atoms with Crippen LogP contribution in [0, 0.1) is 6.92 Å². The molecule has 2 aromatic carbocycles. The van der Waals surface area contributed by atoms with Crippen LogP contribution in [-0.4, -0.2) is 39.2 Å². The lowest BCUT2D eigenvalue weighted by atomic mass is 10.1. The Bertz CT molecular complexity index is 1280. The molecule has 0 saturated heterocycles. The summed E-state index contributed by atoms with van der Waals surface area (Å²) in [6.45, 7) is 1.78. The van der Waals surface area contributed by atoms with Gasteiger partial charge in [0, 0.05) is 17.3 Å². The lowest BCUT2D eigenvalue weighted by Gasteiger charge is -2.13. The number of tetrazole rings is 1. The fraction of sp³-hybridized carbons (Fsp3) is 0.0870. The van der Waals surface area contributed by atoms with Crippen molar-refractivity contribution < 1.29 is 18.7 Å². The second kappa shape index (κ2) is 9.09. The van der Waals surface area contributed by atoms with Gasteiger partial charge in [0.25, 0.3) is 5.91 Å². The molecule has 2 heterocycles. The lowest BCUT2D eigenvalue weighted by molar-refractivity contribution is -0.111. The molecule has 4 rings (SSSR count). The fourth-order valence-electron chi connectivity index (χ4n) is 3.08. The van der Waals surface area contributed by atoms with Crippen molar-refractivity contribution in [1.29, 1.82) is 0 Å². The third kappa shape index (κ3) is 4.31. The van der Waals surface area contributed by atoms with E-state index in [1.54, 1.807) is 43.3 Å². The van der Waals surface area contributed by atoms with Crippen LogP contribution in [-0.2, 0) is 9.53 Å². The van der Waals surface area contributed by atoms with Crippen molar-refractivity contribution in [3.05, 3.63) is 83.8 Å². The monoisotopic (exact) mass is 429 g/mol. The molecule has 0 atom stereocenters. The van der Waals surface area contributed by atoms with E-state index in [1.165, 1.54) is 18.1 Å². The molecule has 0 aliphatic rings. The molecule has 1 N–H and O–H groups in total. The molecule has 4 aromatic rings. The molecule has 32 heavy (non-hydrogen) atoms. The lowest BCUT2D eigenvalue weighted by Crippen LogP contribution is -2.20. The summed E-state index contributed by atoms with van der Waals surface area (Å²) in [4.78, 5) is 25.1. The van der Waals surface area contributed by atoms with Crippen LogP contribution >= 0.6 is 0 Å². The van der Waals surface area contributed by atoms with Crippen LogP contribution in [0.1, 0.15) is 21.7 Å². The third-order valence-corrected chi connectivity index (χ3v) is 4.68. The van der Waals surface area contributed by atoms with E-state index < -0.39 is 11.9 Å². The minimum absolute atomic E-state index is 0.153. The van der Waals surface area contributed by atoms with Gasteiger partial charge < -0.3 is 14.5 Å². The fourth-order valence-corrected chi connectivity index (χ4v) is 3.08. The molecule has 0 unspecified atom stereocenters. The molecule has 160 valence electrons. The zero-order valence-corrected chi connectivity index (χ0v) is 17.4. The standard InChI is InChI=1S/C23H19N5O4/c1-15-13-17(23(30)31-2)10-11-19(15)24-22(29)20(14-18-9-6-12-32-18)28-21(25-26-27-28)16-7-4-3-5-8-16/h3-14H,1-2H3,(H,24,29)/b20-14-. The van der Waals surface area contributed by atoms with Gasteiger partial charge >= 0.3 is 5.97 Å². The molecule has 0 radical (unpaired) electrons. The average molecular weight is 429 g/mol. The van der Waals surface area contributed by atoms with Crippen molar-refractivity contribution in [3.63, 3.8) is 0 Å². The van der Waals surface area contributed by atoms with Crippen molar-refractivity contribution in [3.8, 4) is 11.4 Å². The smallest absolute Gasteiger partial charge is 0.337 e. The molecule has 0 fully saturated rings. The van der Waals surface area contributed by atoms with Crippen molar-refractivity contribution in [2.24, 2.45) is 0 Å². The zero-order valence-electron chi connectivity index (χ0n) is 17.4. The Morgan fingerprint density at radius 3 is 2.59 bits per heavy atom. The van der Waals surface area contributed by atoms with Crippen LogP contribution in [0.2, 0.25) is 0 Å². The Morgan fingerprint density at radius 2 is 1.91 bits per heavy atom. The largest absolute Gasteiger partial charge is 0.465 e. The van der Waals surface area contributed by atoms with Crippen LogP contribution in [0.3, 0.4) is 0 Å². The van der Waals surface area contributed by atoms with Crippen LogP contribution in [0.5, 0.6) is 0 Å². The summed E-state index contributed by atoms with van der Waals surface area (Å²) >= 11 is 0. The SMILES string of the molecule is COC(=O)c1ccc(NC(=O)/C(=C/c2ccco2)n2nnnc2-c2ccccc2)c(C)c1. The average Bonchev–Trinajstić information content (AvgIpc) is 3.51. The number of furan rings is 1. The molecule has 9 heteroatoms. The summed E-state index contributed by atoms with van der Waals surface area (Å²) in [7, 11) is 1.32. The minimum Gasteiger partial charge on any atom is -0.465 e. The van der Waals surface area contributed by atoms with E-state index in [-0.39, 0.29) is 5.70 Å². The first kappa shape index (κ1) is 20.7. The van der Waals surface area contributed by atoms with E-state index >= 15 is 0 Å². The second-order valence-corrected chi connectivity index (χ2v) is 6.80. The number of amides is 1. The first-order chi connectivity index (χ1) is 15.6. The Balaban J connectivity index is 1.71. The number of carbonyl (C=O) groups is 2. The van der Waals surface area contributed by atoms with Crippen molar-refractivity contribution in [1.82, 2.24) is 20.2 Å². The Morgan fingerprint density at radius 1 is 1.09 bits per heavy atom. The van der Waals surface area contributed by atoms with Crippen LogP contribution in [0.4, 0.5) is 5.69 Å². The molecule has 0 aliphatic heterocycles. The van der Waals surface area contributed by atoms with Crippen molar-refractivity contribution >= 4 is 29.3 Å². The van der Waals surface area contributed by atoms with Crippen LogP contribution in [0.15, 0.2) is 71.3 Å². The van der Waals surface area contributed by atoms with Gasteiger partial charge in [-0.15, -0.1) is 5.10 Å². The number of nitrogens with one attached hydrogen (secondary N) is 1. The van der Waals surface area contributed by atoms with Crippen molar-refractivity contribution in [2.75, 3.05) is 12.4 Å². The summed E-state index contributed by atoms with van der Waals surface area (Å²) < 4.78 is 11.5. The second-order valence-electron chi connectivity index (χ2n) is 6.80. The predicted octanol–water partition coefficient (Wildman–Crippen LogP) is 3.66. The Labute approximate surface area is 183 Å². The number of benzene rings is 2. The number of aryl methyl sites for hydroxylation is 1. The molecule has 9 nitrogen and oxygen atoms in total. The highest BCUT2D eigenvalue weighted by molar-refractivity contribution is 6.24. The number of methoxy groups -OCH3 is 1. The summed E-state index contributed by atoms with van der Waals surface area (Å²) in [5.41, 5.74) is 2.51. The highest BCUT2D eigenvalue weighted by Gasteiger charge is 2.21. The summed E-state index contributed by atoms with van der Waals surface area (Å²) in [6.07, 6.45) is 3.06. The molecule has 0 aliphatic carbocycles. The van der Waals surface area contributed by atoms with E-state index in [9.17, 15) is 9.59 Å². The Hall–Kier alpha value is -4.53. The summed E-state index contributed by atoms with van der Waals surface area (Å²) in [5.74, 6) is -0.0517. The number of ether oxygens (including phenoxy) is 1. The molecule has 0 spiro atoms. The van der Waals surface area contributed by atoms with Crippen LogP contribution < -0.4 is 5.32 Å². The molecular weight excluding hydrogens is 410 g/mol. The normalized spacial score (nSPS) is 11.2. The quantitative estimate of drug-likeness (QED) is 0.368. The van der Waals surface area contributed by atoms with Gasteiger partial charge in [-0.3, -0.25) is 4.79 Å². The van der Waals surface area contributed by atoms with E-state index in [0.29, 0.717) is 28.4 Å². The molecule has 0 saturated carbocycles. The van der Waals surface area contributed by atoms with Crippen molar-refractivity contribution in [2.45, 2.75) is 6.92 Å². The van der Waals surface area contributed by atoms with E-state index in [2.05, 4.69) is 20.8 Å². The topological polar surface area (TPSA) is 112 Å². The maximum atomic E-state index is 13.3. The zero-order chi connectivity index (χ0) is 22.5. The van der Waals surface area contributed by atoms with E-state index in [0.717, 1.165) is 5.56 Å². The number of rotatable bonds is 6. The van der Waals surface area contributed by atoms with E-state index in [4.69, 9.17) is 9.15 Å². The number of carbonyl (C=O) groups excluding carboxylic acids is 2. The molecular formula is C23H19N5O4. The molecule has 2 aromatic heterocycles. The number of hydrogen-bond donors (Lipinski definition) is 1. The number of hydrogen-bond acceptors (Lipinski definition) is 7. The maximum Gasteiger partial charge on any atom is 0.337 e. The van der Waals surface area contributed by atoms with Gasteiger partial charge in [-0.2, -0.15) is 4.68 Å². The highest BCUT2D eigenvalue weighted by atomic mass is 16.5. The number of aromatic nitrogens is 4. The predicted molar refractivity (Wildman–Crippen MR) is 117 cm³/mol. The van der Waals surface area contributed by atoms with Gasteiger partial charge in [0.15, 0.2) is 5.82 Å².